The van der Waals surface area contributed by atoms with Gasteiger partial charge in [0.15, 0.2) is 0 Å². The monoisotopic (exact) mass is 290 g/mol. The van der Waals surface area contributed by atoms with Gasteiger partial charge in [-0.25, -0.2) is 0 Å². The molecule has 0 N–H and O–H groups in total. The lowest BCUT2D eigenvalue weighted by molar-refractivity contribution is 1.65. The summed E-state index contributed by atoms with van der Waals surface area (Å²) in [6.45, 7) is 0. The Morgan fingerprint density at radius 3 is 1.94 bits per heavy atom. The molecule has 1 heterocycles. The molecule has 0 saturated carbocycles. The molecule has 3 rings (SSSR count). The lowest BCUT2D eigenvalue weighted by atomic mass is 10.1. The van der Waals surface area contributed by atoms with E-state index in [9.17, 15) is 0 Å². The van der Waals surface area contributed by atoms with E-state index in [1.165, 1.54) is 20.9 Å². The summed E-state index contributed by atoms with van der Waals surface area (Å²) in [6, 6.07) is 20.8. The van der Waals surface area contributed by atoms with Crippen LogP contribution in [0.2, 0.25) is 0 Å². The van der Waals surface area contributed by atoms with Crippen LogP contribution in [0.4, 0.5) is 0 Å². The third-order valence-electron chi connectivity index (χ3n) is 2.71. The Kier molecular flexibility index (Phi) is 3.59. The van der Waals surface area contributed by atoms with Gasteiger partial charge in [-0.15, -0.1) is 0 Å². The van der Waals surface area contributed by atoms with E-state index in [0.29, 0.717) is 0 Å². The van der Waals surface area contributed by atoms with Crippen LogP contribution >= 0.6 is 30.2 Å². The predicted octanol–water partition coefficient (Wildman–Crippen LogP) is 5.33. The average Bonchev–Trinajstić information content (AvgIpc) is 2.83. The zero-order chi connectivity index (χ0) is 12.4. The van der Waals surface area contributed by atoms with Gasteiger partial charge in [0.2, 0.25) is 0 Å². The van der Waals surface area contributed by atoms with Crippen LogP contribution in [0.3, 0.4) is 0 Å². The van der Waals surface area contributed by atoms with Crippen molar-refractivity contribution in [1.82, 2.24) is 0 Å². The second-order valence-corrected chi connectivity index (χ2v) is 8.38. The van der Waals surface area contributed by atoms with Crippen molar-refractivity contribution in [3.8, 4) is 0 Å². The number of benzene rings is 2. The second-order valence-electron chi connectivity index (χ2n) is 3.91. The van der Waals surface area contributed by atoms with E-state index in [1.807, 2.05) is 12.1 Å². The molecule has 1 unspecified atom stereocenters. The summed E-state index contributed by atoms with van der Waals surface area (Å²) in [4.78, 5) is 2.48. The molecule has 0 bridgehead atoms. The molecule has 90 valence electrons. The predicted molar refractivity (Wildman–Crippen MR) is 86.0 cm³/mol. The Bertz CT molecular complexity index is 615. The molecule has 18 heavy (non-hydrogen) atoms. The standard InChI is InChI=1S/C15H11ClS2/c16-18-15(13-9-5-2-6-10-13)11-14(17-18)12-7-3-1-4-8-12/h1-11H. The Morgan fingerprint density at radius 2 is 1.33 bits per heavy atom. The van der Waals surface area contributed by atoms with E-state index in [-0.39, 0.29) is 8.73 Å². The fourth-order valence-corrected chi connectivity index (χ4v) is 5.70. The maximum Gasteiger partial charge on any atom is 0.0314 e. The molecule has 0 radical (unpaired) electrons. The molecule has 0 nitrogen and oxygen atoms in total. The van der Waals surface area contributed by atoms with Crippen molar-refractivity contribution in [2.75, 3.05) is 0 Å². The quantitative estimate of drug-likeness (QED) is 0.532. The summed E-state index contributed by atoms with van der Waals surface area (Å²) in [5, 5.41) is 0. The first-order valence-corrected chi connectivity index (χ1v) is 9.01. The molecule has 1 atom stereocenters. The van der Waals surface area contributed by atoms with Crippen LogP contribution < -0.4 is 0 Å². The van der Waals surface area contributed by atoms with Gasteiger partial charge >= 0.3 is 0 Å². The maximum atomic E-state index is 6.46. The largest absolute Gasteiger partial charge is 0.0622 e. The van der Waals surface area contributed by atoms with E-state index >= 15 is 0 Å². The van der Waals surface area contributed by atoms with Gasteiger partial charge < -0.3 is 0 Å². The van der Waals surface area contributed by atoms with Crippen LogP contribution in [0.1, 0.15) is 11.1 Å². The number of hydrogen-bond donors (Lipinski definition) is 0. The maximum absolute atomic E-state index is 6.46. The summed E-state index contributed by atoms with van der Waals surface area (Å²) in [6.07, 6.45) is 2.21. The topological polar surface area (TPSA) is 0 Å². The SMILES string of the molecule is ClS1=C(c2ccccc2)C=C(c2ccccc2)S1. The number of allylic oxidation sites excluding steroid dienone is 1. The minimum atomic E-state index is -0.279. The molecule has 0 saturated heterocycles. The Labute approximate surface area is 118 Å². The number of halogens is 1. The fourth-order valence-electron chi connectivity index (χ4n) is 1.83. The van der Waals surface area contributed by atoms with Crippen molar-refractivity contribution < 1.29 is 0 Å². The molecule has 0 fully saturated rings. The van der Waals surface area contributed by atoms with Crippen molar-refractivity contribution in [2.24, 2.45) is 0 Å². The van der Waals surface area contributed by atoms with E-state index in [2.05, 4.69) is 54.6 Å². The molecule has 2 aromatic carbocycles. The Morgan fingerprint density at radius 1 is 0.778 bits per heavy atom. The van der Waals surface area contributed by atoms with Gasteiger partial charge in [-0.3, -0.25) is 0 Å². The van der Waals surface area contributed by atoms with Crippen molar-refractivity contribution >= 4 is 40.0 Å². The first-order valence-electron chi connectivity index (χ1n) is 5.63. The summed E-state index contributed by atoms with van der Waals surface area (Å²) in [5.74, 6) is 0. The fraction of sp³-hybridized carbons (Fsp3) is 0. The molecule has 0 aliphatic carbocycles. The highest BCUT2D eigenvalue weighted by Crippen LogP contribution is 2.52. The van der Waals surface area contributed by atoms with Crippen molar-refractivity contribution in [3.63, 3.8) is 0 Å². The highest BCUT2D eigenvalue weighted by atomic mass is 35.7. The molecule has 3 heteroatoms. The molecule has 1 aliphatic rings. The molecule has 2 aromatic rings. The summed E-state index contributed by atoms with van der Waals surface area (Å²) >= 11 is 0. The van der Waals surface area contributed by atoms with Gasteiger partial charge in [-0.05, 0) is 47.4 Å². The van der Waals surface area contributed by atoms with Crippen molar-refractivity contribution in [1.29, 1.82) is 0 Å². The Balaban J connectivity index is 1.97. The molecular weight excluding hydrogens is 280 g/mol. The van der Waals surface area contributed by atoms with Crippen LogP contribution in [0, 0.1) is 0 Å². The molecule has 0 spiro atoms. The van der Waals surface area contributed by atoms with Gasteiger partial charge in [0.25, 0.3) is 0 Å². The van der Waals surface area contributed by atoms with Crippen LogP contribution in [0.5, 0.6) is 0 Å². The van der Waals surface area contributed by atoms with Crippen LogP contribution in [0.15, 0.2) is 66.7 Å². The lowest BCUT2D eigenvalue weighted by Crippen LogP contribution is -1.91. The number of rotatable bonds is 2. The summed E-state index contributed by atoms with van der Waals surface area (Å²) in [5.41, 5.74) is 2.46. The Hall–Kier alpha value is -0.960. The first kappa shape index (κ1) is 12.1. The van der Waals surface area contributed by atoms with Crippen LogP contribution in [-0.2, 0) is 0 Å². The third kappa shape index (κ3) is 2.41. The van der Waals surface area contributed by atoms with E-state index in [1.54, 1.807) is 10.8 Å². The van der Waals surface area contributed by atoms with Gasteiger partial charge in [-0.2, -0.15) is 0 Å². The highest BCUT2D eigenvalue weighted by molar-refractivity contribution is 8.95. The van der Waals surface area contributed by atoms with Gasteiger partial charge in [-0.1, -0.05) is 60.7 Å². The zero-order valence-electron chi connectivity index (χ0n) is 9.55. The first-order chi connectivity index (χ1) is 8.84. The number of hydrogen-bond acceptors (Lipinski definition) is 1. The third-order valence-corrected chi connectivity index (χ3v) is 6.68. The second kappa shape index (κ2) is 5.35. The van der Waals surface area contributed by atoms with Crippen molar-refractivity contribution in [3.05, 3.63) is 77.9 Å². The van der Waals surface area contributed by atoms with Gasteiger partial charge in [0.1, 0.15) is 0 Å². The van der Waals surface area contributed by atoms with Gasteiger partial charge in [0, 0.05) is 9.77 Å². The molecule has 0 amide bonds. The minimum Gasteiger partial charge on any atom is -0.0622 e. The lowest BCUT2D eigenvalue weighted by Gasteiger charge is -2.00. The molecule has 0 aromatic heterocycles. The summed E-state index contributed by atoms with van der Waals surface area (Å²) < 4.78 is 0. The smallest absolute Gasteiger partial charge is 0.0314 e. The van der Waals surface area contributed by atoms with E-state index in [4.69, 9.17) is 10.7 Å². The van der Waals surface area contributed by atoms with E-state index < -0.39 is 0 Å². The van der Waals surface area contributed by atoms with Crippen LogP contribution in [-0.4, -0.2) is 4.86 Å². The molecule has 1 aliphatic heterocycles. The van der Waals surface area contributed by atoms with E-state index in [0.717, 1.165) is 0 Å². The molecular formula is C15H11ClS2. The normalized spacial score (nSPS) is 18.8. The summed E-state index contributed by atoms with van der Waals surface area (Å²) in [7, 11) is 7.92. The average molecular weight is 291 g/mol. The van der Waals surface area contributed by atoms with Crippen LogP contribution in [0.25, 0.3) is 4.91 Å². The van der Waals surface area contributed by atoms with Gasteiger partial charge in [0.05, 0.1) is 0 Å². The van der Waals surface area contributed by atoms with Crippen molar-refractivity contribution in [2.45, 2.75) is 0 Å². The minimum absolute atomic E-state index is 0.279. The highest BCUT2D eigenvalue weighted by Gasteiger charge is 2.16. The zero-order valence-corrected chi connectivity index (χ0v) is 11.9.